The van der Waals surface area contributed by atoms with Gasteiger partial charge in [0.1, 0.15) is 0 Å². The van der Waals surface area contributed by atoms with E-state index in [0.29, 0.717) is 9.79 Å². The lowest BCUT2D eigenvalue weighted by molar-refractivity contribution is 0.598. The molecule has 0 atom stereocenters. The third-order valence-electron chi connectivity index (χ3n) is 4.66. The Morgan fingerprint density at radius 2 is 1.56 bits per heavy atom. The maximum atomic E-state index is 12.7. The average molecular weight is 366 g/mol. The monoisotopic (exact) mass is 365 g/mol. The van der Waals surface area contributed by atoms with Gasteiger partial charge in [-0.05, 0) is 30.3 Å². The fraction of sp³-hybridized carbons (Fsp3) is 0.150. The van der Waals surface area contributed by atoms with Gasteiger partial charge in [0.2, 0.25) is 9.84 Å². The molecule has 3 nitrogen and oxygen atoms in total. The third-order valence-corrected chi connectivity index (χ3v) is 8.57. The molecule has 0 saturated carbocycles. The summed E-state index contributed by atoms with van der Waals surface area (Å²) in [7, 11) is -4.84. The van der Waals surface area contributed by atoms with Gasteiger partial charge in [-0.2, -0.15) is 0 Å². The zero-order valence-electron chi connectivity index (χ0n) is 14.4. The summed E-state index contributed by atoms with van der Waals surface area (Å²) < 4.78 is 25.4. The highest BCUT2D eigenvalue weighted by Gasteiger charge is 2.32. The number of aromatic nitrogens is 1. The predicted octanol–water partition coefficient (Wildman–Crippen LogP) is 4.11. The molecule has 0 spiro atoms. The van der Waals surface area contributed by atoms with Gasteiger partial charge in [-0.15, -0.1) is 0 Å². The lowest BCUT2D eigenvalue weighted by Gasteiger charge is -2.17. The number of fused-ring (bicyclic) bond motifs is 3. The van der Waals surface area contributed by atoms with E-state index in [1.807, 2.05) is 30.5 Å². The summed E-state index contributed by atoms with van der Waals surface area (Å²) in [5.41, 5.74) is 3.39. The molecule has 1 aromatic heterocycles. The Morgan fingerprint density at radius 3 is 2.32 bits per heavy atom. The molecular weight excluding hydrogens is 346 g/mol. The maximum Gasteiger partial charge on any atom is 0.207 e. The summed E-state index contributed by atoms with van der Waals surface area (Å²) in [6, 6.07) is 16.9. The summed E-state index contributed by atoms with van der Waals surface area (Å²) in [5, 5.41) is 1.34. The van der Waals surface area contributed by atoms with Crippen LogP contribution in [0, 0.1) is 0 Å². The van der Waals surface area contributed by atoms with E-state index >= 15 is 0 Å². The van der Waals surface area contributed by atoms with Crippen LogP contribution in [0.1, 0.15) is 0 Å². The lowest BCUT2D eigenvalue weighted by Crippen LogP contribution is -2.37. The minimum Gasteiger partial charge on any atom is -0.256 e. The molecule has 5 heteroatoms. The van der Waals surface area contributed by atoms with Crippen molar-refractivity contribution in [1.82, 2.24) is 4.98 Å². The Hall–Kier alpha value is -2.24. The van der Waals surface area contributed by atoms with Crippen molar-refractivity contribution < 1.29 is 8.42 Å². The standard InChI is InChI=1S/C20H19NO2SSi/c1-25(2,3)15-10-11-21-18(13-15)14-8-9-20-17(12-14)16-6-4-5-7-19(16)24(20,22)23/h4-13H,1-3H3. The van der Waals surface area contributed by atoms with E-state index in [0.717, 1.165) is 22.4 Å². The van der Waals surface area contributed by atoms with Crippen LogP contribution in [0.3, 0.4) is 0 Å². The second-order valence-electron chi connectivity index (χ2n) is 7.39. The molecule has 0 fully saturated rings. The van der Waals surface area contributed by atoms with E-state index in [2.05, 4.69) is 36.8 Å². The number of nitrogens with zero attached hydrogens (tertiary/aromatic N) is 1. The summed E-state index contributed by atoms with van der Waals surface area (Å²) in [4.78, 5) is 5.30. The third kappa shape index (κ3) is 2.55. The summed E-state index contributed by atoms with van der Waals surface area (Å²) in [6.45, 7) is 6.91. The van der Waals surface area contributed by atoms with Crippen LogP contribution in [0.5, 0.6) is 0 Å². The first-order chi connectivity index (χ1) is 11.8. The second kappa shape index (κ2) is 5.38. The normalized spacial score (nSPS) is 14.8. The number of sulfone groups is 1. The Balaban J connectivity index is 1.91. The predicted molar refractivity (Wildman–Crippen MR) is 104 cm³/mol. The molecule has 4 rings (SSSR count). The summed E-state index contributed by atoms with van der Waals surface area (Å²) in [6.07, 6.45) is 1.85. The minimum absolute atomic E-state index is 0.388. The van der Waals surface area contributed by atoms with Crippen LogP contribution in [0.2, 0.25) is 19.6 Å². The SMILES string of the molecule is C[Si](C)(C)c1ccnc(-c2ccc3c(c2)-c2ccccc2S3(=O)=O)c1. The van der Waals surface area contributed by atoms with E-state index in [4.69, 9.17) is 0 Å². The van der Waals surface area contributed by atoms with Crippen molar-refractivity contribution in [3.8, 4) is 22.4 Å². The molecule has 1 aliphatic heterocycles. The van der Waals surface area contributed by atoms with Crippen LogP contribution in [-0.2, 0) is 9.84 Å². The molecule has 0 unspecified atom stereocenters. The zero-order valence-corrected chi connectivity index (χ0v) is 16.3. The summed E-state index contributed by atoms with van der Waals surface area (Å²) in [5.74, 6) is 0. The Kier molecular flexibility index (Phi) is 3.49. The quantitative estimate of drug-likeness (QED) is 0.502. The van der Waals surface area contributed by atoms with Gasteiger partial charge in [0.05, 0.1) is 23.6 Å². The van der Waals surface area contributed by atoms with Gasteiger partial charge in [-0.1, -0.05) is 49.1 Å². The number of benzene rings is 2. The molecular formula is C20H19NO2SSi. The fourth-order valence-electron chi connectivity index (χ4n) is 3.23. The maximum absolute atomic E-state index is 12.7. The summed E-state index contributed by atoms with van der Waals surface area (Å²) >= 11 is 0. The molecule has 2 aromatic carbocycles. The van der Waals surface area contributed by atoms with Crippen LogP contribution in [0.25, 0.3) is 22.4 Å². The van der Waals surface area contributed by atoms with Crippen LogP contribution in [0.15, 0.2) is 70.6 Å². The molecule has 126 valence electrons. The molecule has 1 aliphatic rings. The second-order valence-corrected chi connectivity index (χ2v) is 14.4. The Morgan fingerprint density at radius 1 is 0.840 bits per heavy atom. The number of hydrogen-bond acceptors (Lipinski definition) is 3. The first kappa shape index (κ1) is 16.2. The van der Waals surface area contributed by atoms with Gasteiger partial charge in [0, 0.05) is 22.9 Å². The Labute approximate surface area is 149 Å². The van der Waals surface area contributed by atoms with E-state index in [1.54, 1.807) is 18.2 Å². The zero-order chi connectivity index (χ0) is 17.8. The number of rotatable bonds is 2. The lowest BCUT2D eigenvalue weighted by atomic mass is 10.0. The van der Waals surface area contributed by atoms with Gasteiger partial charge in [-0.25, -0.2) is 8.42 Å². The van der Waals surface area contributed by atoms with Crippen molar-refractivity contribution in [2.75, 3.05) is 0 Å². The molecule has 25 heavy (non-hydrogen) atoms. The van der Waals surface area contributed by atoms with Crippen molar-refractivity contribution in [2.45, 2.75) is 29.4 Å². The molecule has 0 amide bonds. The molecule has 2 heterocycles. The van der Waals surface area contributed by atoms with Crippen molar-refractivity contribution in [3.05, 3.63) is 60.8 Å². The van der Waals surface area contributed by atoms with E-state index in [-0.39, 0.29) is 0 Å². The van der Waals surface area contributed by atoms with Gasteiger partial charge >= 0.3 is 0 Å². The topological polar surface area (TPSA) is 47.0 Å². The van der Waals surface area contributed by atoms with E-state index < -0.39 is 17.9 Å². The highest BCUT2D eigenvalue weighted by atomic mass is 32.2. The number of hydrogen-bond donors (Lipinski definition) is 0. The van der Waals surface area contributed by atoms with Crippen LogP contribution >= 0.6 is 0 Å². The largest absolute Gasteiger partial charge is 0.256 e. The van der Waals surface area contributed by atoms with Crippen LogP contribution < -0.4 is 5.19 Å². The highest BCUT2D eigenvalue weighted by Crippen LogP contribution is 2.44. The van der Waals surface area contributed by atoms with Gasteiger partial charge in [0.25, 0.3) is 0 Å². The van der Waals surface area contributed by atoms with Crippen molar-refractivity contribution >= 4 is 23.1 Å². The van der Waals surface area contributed by atoms with E-state index in [1.165, 1.54) is 5.19 Å². The highest BCUT2D eigenvalue weighted by molar-refractivity contribution is 7.92. The minimum atomic E-state index is -3.41. The van der Waals surface area contributed by atoms with Gasteiger partial charge in [-0.3, -0.25) is 4.98 Å². The first-order valence-electron chi connectivity index (χ1n) is 8.24. The van der Waals surface area contributed by atoms with Crippen molar-refractivity contribution in [1.29, 1.82) is 0 Å². The van der Waals surface area contributed by atoms with E-state index in [9.17, 15) is 8.42 Å². The average Bonchev–Trinajstić information content (AvgIpc) is 2.82. The Bertz CT molecular complexity index is 1100. The molecule has 3 aromatic rings. The molecule has 0 saturated heterocycles. The smallest absolute Gasteiger partial charge is 0.207 e. The number of pyridine rings is 1. The van der Waals surface area contributed by atoms with Crippen molar-refractivity contribution in [3.63, 3.8) is 0 Å². The first-order valence-corrected chi connectivity index (χ1v) is 13.2. The van der Waals surface area contributed by atoms with Crippen LogP contribution in [-0.4, -0.2) is 21.5 Å². The van der Waals surface area contributed by atoms with Crippen molar-refractivity contribution in [2.24, 2.45) is 0 Å². The fourth-order valence-corrected chi connectivity index (χ4v) is 6.04. The molecule has 0 N–H and O–H groups in total. The molecule has 0 radical (unpaired) electrons. The van der Waals surface area contributed by atoms with Gasteiger partial charge in [0.15, 0.2) is 0 Å². The molecule has 0 aliphatic carbocycles. The van der Waals surface area contributed by atoms with Gasteiger partial charge < -0.3 is 0 Å². The molecule has 0 bridgehead atoms. The van der Waals surface area contributed by atoms with Crippen LogP contribution in [0.4, 0.5) is 0 Å².